The lowest BCUT2D eigenvalue weighted by Gasteiger charge is -2.25. The number of methoxy groups -OCH3 is 1. The molecule has 0 aliphatic carbocycles. The van der Waals surface area contributed by atoms with Crippen LogP contribution in [-0.2, 0) is 6.54 Å². The smallest absolute Gasteiger partial charge is 0.326 e. The molecule has 1 N–H and O–H groups in total. The second kappa shape index (κ2) is 9.28. The second-order valence-electron chi connectivity index (χ2n) is 8.38. The van der Waals surface area contributed by atoms with Gasteiger partial charge in [0.15, 0.2) is 0 Å². The summed E-state index contributed by atoms with van der Waals surface area (Å²) in [4.78, 5) is 15.4. The molecular formula is C30H26N2O2. The van der Waals surface area contributed by atoms with E-state index in [1.165, 1.54) is 0 Å². The summed E-state index contributed by atoms with van der Waals surface area (Å²) in [6.07, 6.45) is 0. The van der Waals surface area contributed by atoms with Gasteiger partial charge in [-0.1, -0.05) is 60.7 Å². The molecule has 4 heteroatoms. The Kier molecular flexibility index (Phi) is 5.88. The van der Waals surface area contributed by atoms with Crippen molar-refractivity contribution in [2.24, 2.45) is 0 Å². The van der Waals surface area contributed by atoms with Crippen molar-refractivity contribution >= 4 is 39.0 Å². The van der Waals surface area contributed by atoms with Crippen LogP contribution in [0.4, 0.5) is 16.2 Å². The van der Waals surface area contributed by atoms with Gasteiger partial charge in [0, 0.05) is 11.4 Å². The van der Waals surface area contributed by atoms with E-state index in [1.807, 2.05) is 79.7 Å². The number of ether oxygens (including phenoxy) is 1. The van der Waals surface area contributed by atoms with Crippen LogP contribution in [-0.4, -0.2) is 13.1 Å². The molecule has 168 valence electrons. The number of benzene rings is 5. The quantitative estimate of drug-likeness (QED) is 0.283. The van der Waals surface area contributed by atoms with E-state index >= 15 is 0 Å². The molecule has 0 saturated carbocycles. The van der Waals surface area contributed by atoms with Gasteiger partial charge >= 0.3 is 6.03 Å². The molecule has 2 amide bonds. The summed E-state index contributed by atoms with van der Waals surface area (Å²) in [7, 11) is 1.64. The van der Waals surface area contributed by atoms with Crippen LogP contribution < -0.4 is 15.0 Å². The summed E-state index contributed by atoms with van der Waals surface area (Å²) in [6.45, 7) is 2.44. The van der Waals surface area contributed by atoms with Crippen molar-refractivity contribution in [2.45, 2.75) is 13.5 Å². The standard InChI is InChI=1S/C30H26N2O2/c1-21-8-7-11-24(18-21)31-30(33)32(25-14-16-26(34-2)17-15-25)20-29-27-12-5-3-9-22(27)19-23-10-4-6-13-28(23)29/h3-19H,20H2,1-2H3,(H,31,33). The summed E-state index contributed by atoms with van der Waals surface area (Å²) in [5.74, 6) is 0.749. The van der Waals surface area contributed by atoms with Crippen molar-refractivity contribution in [3.8, 4) is 5.75 Å². The average Bonchev–Trinajstić information content (AvgIpc) is 2.86. The number of amides is 2. The lowest BCUT2D eigenvalue weighted by molar-refractivity contribution is 0.256. The molecule has 0 atom stereocenters. The fourth-order valence-corrected chi connectivity index (χ4v) is 4.39. The van der Waals surface area contributed by atoms with Crippen LogP contribution in [0, 0.1) is 6.92 Å². The highest BCUT2D eigenvalue weighted by molar-refractivity contribution is 6.05. The first kappa shape index (κ1) is 21.5. The molecule has 0 unspecified atom stereocenters. The molecular weight excluding hydrogens is 420 g/mol. The van der Waals surface area contributed by atoms with Crippen LogP contribution in [0.3, 0.4) is 0 Å². The maximum Gasteiger partial charge on any atom is 0.326 e. The van der Waals surface area contributed by atoms with E-state index in [2.05, 4.69) is 35.6 Å². The molecule has 5 aromatic carbocycles. The van der Waals surface area contributed by atoms with Gasteiger partial charge in [0.1, 0.15) is 5.75 Å². The molecule has 5 aromatic rings. The van der Waals surface area contributed by atoms with Crippen LogP contribution in [0.25, 0.3) is 21.5 Å². The largest absolute Gasteiger partial charge is 0.497 e. The van der Waals surface area contributed by atoms with Crippen LogP contribution in [0.5, 0.6) is 5.75 Å². The van der Waals surface area contributed by atoms with Crippen molar-refractivity contribution in [2.75, 3.05) is 17.3 Å². The fourth-order valence-electron chi connectivity index (χ4n) is 4.39. The summed E-state index contributed by atoms with van der Waals surface area (Å²) >= 11 is 0. The van der Waals surface area contributed by atoms with E-state index in [9.17, 15) is 4.79 Å². The number of aryl methyl sites for hydroxylation is 1. The minimum Gasteiger partial charge on any atom is -0.497 e. The molecule has 0 saturated heterocycles. The molecule has 0 bridgehead atoms. The second-order valence-corrected chi connectivity index (χ2v) is 8.38. The molecule has 0 radical (unpaired) electrons. The third-order valence-corrected chi connectivity index (χ3v) is 6.10. The number of hydrogen-bond donors (Lipinski definition) is 1. The number of rotatable bonds is 5. The Bertz CT molecular complexity index is 1420. The molecule has 5 rings (SSSR count). The Morgan fingerprint density at radius 1 is 0.794 bits per heavy atom. The Morgan fingerprint density at radius 2 is 1.44 bits per heavy atom. The zero-order chi connectivity index (χ0) is 23.5. The van der Waals surface area contributed by atoms with E-state index in [0.717, 1.165) is 49.8 Å². The minimum atomic E-state index is -0.187. The van der Waals surface area contributed by atoms with Crippen molar-refractivity contribution < 1.29 is 9.53 Å². The SMILES string of the molecule is COc1ccc(N(Cc2c3ccccc3cc3ccccc23)C(=O)Nc2cccc(C)c2)cc1. The molecule has 0 fully saturated rings. The number of anilines is 2. The summed E-state index contributed by atoms with van der Waals surface area (Å²) in [5.41, 5.74) is 3.77. The van der Waals surface area contributed by atoms with Crippen LogP contribution >= 0.6 is 0 Å². The Hall–Kier alpha value is -4.31. The lowest BCUT2D eigenvalue weighted by atomic mass is 9.96. The van der Waals surface area contributed by atoms with Crippen molar-refractivity contribution in [1.29, 1.82) is 0 Å². The van der Waals surface area contributed by atoms with Gasteiger partial charge in [0.2, 0.25) is 0 Å². The molecule has 0 aliphatic heterocycles. The highest BCUT2D eigenvalue weighted by atomic mass is 16.5. The van der Waals surface area contributed by atoms with Crippen molar-refractivity contribution in [1.82, 2.24) is 0 Å². The van der Waals surface area contributed by atoms with E-state index in [4.69, 9.17) is 4.74 Å². The molecule has 4 nitrogen and oxygen atoms in total. The number of nitrogens with one attached hydrogen (secondary N) is 1. The van der Waals surface area contributed by atoms with Crippen molar-refractivity contribution in [3.05, 3.63) is 114 Å². The maximum atomic E-state index is 13.6. The van der Waals surface area contributed by atoms with E-state index in [1.54, 1.807) is 12.0 Å². The number of carbonyl (C=O) groups is 1. The van der Waals surface area contributed by atoms with Gasteiger partial charge in [-0.15, -0.1) is 0 Å². The number of fused-ring (bicyclic) bond motifs is 2. The molecule has 0 aliphatic rings. The van der Waals surface area contributed by atoms with Gasteiger partial charge in [-0.3, -0.25) is 4.90 Å². The maximum absolute atomic E-state index is 13.6. The minimum absolute atomic E-state index is 0.187. The predicted molar refractivity (Wildman–Crippen MR) is 141 cm³/mol. The Balaban J connectivity index is 1.61. The van der Waals surface area contributed by atoms with Crippen molar-refractivity contribution in [3.63, 3.8) is 0 Å². The highest BCUT2D eigenvalue weighted by Gasteiger charge is 2.20. The van der Waals surface area contributed by atoms with Gasteiger partial charge in [-0.05, 0) is 82.1 Å². The Labute approximate surface area is 199 Å². The monoisotopic (exact) mass is 446 g/mol. The van der Waals surface area contributed by atoms with Gasteiger partial charge in [0.05, 0.1) is 13.7 Å². The van der Waals surface area contributed by atoms with E-state index < -0.39 is 0 Å². The highest BCUT2D eigenvalue weighted by Crippen LogP contribution is 2.31. The van der Waals surface area contributed by atoms with Crippen LogP contribution in [0.1, 0.15) is 11.1 Å². The third-order valence-electron chi connectivity index (χ3n) is 6.10. The van der Waals surface area contributed by atoms with Gasteiger partial charge in [0.25, 0.3) is 0 Å². The van der Waals surface area contributed by atoms with Crippen LogP contribution in [0.15, 0.2) is 103 Å². The number of urea groups is 1. The first-order valence-electron chi connectivity index (χ1n) is 11.3. The number of nitrogens with zero attached hydrogens (tertiary/aromatic N) is 1. The van der Waals surface area contributed by atoms with E-state index in [-0.39, 0.29) is 6.03 Å². The normalized spacial score (nSPS) is 10.9. The van der Waals surface area contributed by atoms with E-state index in [0.29, 0.717) is 6.54 Å². The van der Waals surface area contributed by atoms with Gasteiger partial charge in [-0.2, -0.15) is 0 Å². The summed E-state index contributed by atoms with van der Waals surface area (Å²) in [6, 6.07) is 34.1. The Morgan fingerprint density at radius 3 is 2.06 bits per heavy atom. The van der Waals surface area contributed by atoms with Gasteiger partial charge < -0.3 is 10.1 Å². The number of hydrogen-bond acceptors (Lipinski definition) is 2. The predicted octanol–water partition coefficient (Wildman–Crippen LogP) is 7.55. The summed E-state index contributed by atoms with van der Waals surface area (Å²) in [5, 5.41) is 7.68. The average molecular weight is 447 g/mol. The number of carbonyl (C=O) groups excluding carboxylic acids is 1. The molecule has 0 spiro atoms. The zero-order valence-corrected chi connectivity index (χ0v) is 19.3. The topological polar surface area (TPSA) is 41.6 Å². The van der Waals surface area contributed by atoms with Crippen LogP contribution in [0.2, 0.25) is 0 Å². The zero-order valence-electron chi connectivity index (χ0n) is 19.3. The summed E-state index contributed by atoms with van der Waals surface area (Å²) < 4.78 is 5.33. The first-order chi connectivity index (χ1) is 16.6. The lowest BCUT2D eigenvalue weighted by Crippen LogP contribution is -2.34. The fraction of sp³-hybridized carbons (Fsp3) is 0.100. The third kappa shape index (κ3) is 4.30. The molecule has 0 heterocycles. The van der Waals surface area contributed by atoms with Gasteiger partial charge in [-0.25, -0.2) is 4.79 Å². The molecule has 34 heavy (non-hydrogen) atoms. The first-order valence-corrected chi connectivity index (χ1v) is 11.3. The molecule has 0 aromatic heterocycles.